The van der Waals surface area contributed by atoms with Gasteiger partial charge in [0.05, 0.1) is 33.0 Å². The molecule has 0 spiro atoms. The van der Waals surface area contributed by atoms with E-state index in [1.165, 1.54) is 0 Å². The number of carbonyl (C=O) groups excluding carboxylic acids is 1. The van der Waals surface area contributed by atoms with Crippen LogP contribution in [0.2, 0.25) is 0 Å². The fraction of sp³-hybridized carbons (Fsp3) is 0.929. The van der Waals surface area contributed by atoms with E-state index in [0.717, 1.165) is 12.8 Å². The molecule has 0 rings (SSSR count). The minimum absolute atomic E-state index is 0.0262. The molecular formula is C14H21F7O5. The molecule has 26 heavy (non-hydrogen) atoms. The SMILES string of the molecule is CCCCOCCOCCOCCOC(=O)C(F)(F)C(F)(F)C(F)(F)F. The summed E-state index contributed by atoms with van der Waals surface area (Å²) in [6, 6.07) is 0. The van der Waals surface area contributed by atoms with Crippen molar-refractivity contribution in [1.29, 1.82) is 0 Å². The minimum Gasteiger partial charge on any atom is -0.459 e. The zero-order valence-corrected chi connectivity index (χ0v) is 14.1. The van der Waals surface area contributed by atoms with Crippen LogP contribution in [-0.4, -0.2) is 70.2 Å². The van der Waals surface area contributed by atoms with E-state index in [1.54, 1.807) is 0 Å². The Morgan fingerprint density at radius 1 is 0.731 bits per heavy atom. The molecule has 156 valence electrons. The summed E-state index contributed by atoms with van der Waals surface area (Å²) in [5, 5.41) is 0. The quantitative estimate of drug-likeness (QED) is 0.254. The fourth-order valence-electron chi connectivity index (χ4n) is 1.38. The second-order valence-corrected chi connectivity index (χ2v) is 4.97. The number of unbranched alkanes of at least 4 members (excludes halogenated alkanes) is 1. The molecule has 0 radical (unpaired) electrons. The fourth-order valence-corrected chi connectivity index (χ4v) is 1.38. The molecule has 0 aromatic heterocycles. The molecule has 0 saturated heterocycles. The van der Waals surface area contributed by atoms with Gasteiger partial charge in [0.2, 0.25) is 0 Å². The van der Waals surface area contributed by atoms with Crippen LogP contribution in [0.15, 0.2) is 0 Å². The lowest BCUT2D eigenvalue weighted by molar-refractivity contribution is -0.348. The summed E-state index contributed by atoms with van der Waals surface area (Å²) < 4.78 is 105. The van der Waals surface area contributed by atoms with E-state index in [4.69, 9.17) is 14.2 Å². The largest absolute Gasteiger partial charge is 0.460 e. The zero-order valence-electron chi connectivity index (χ0n) is 14.1. The van der Waals surface area contributed by atoms with E-state index < -0.39 is 37.2 Å². The number of alkyl halides is 7. The topological polar surface area (TPSA) is 54.0 Å². The summed E-state index contributed by atoms with van der Waals surface area (Å²) in [5.41, 5.74) is 0. The van der Waals surface area contributed by atoms with Crippen LogP contribution in [0, 0.1) is 0 Å². The number of rotatable bonds is 14. The van der Waals surface area contributed by atoms with Crippen molar-refractivity contribution in [3.63, 3.8) is 0 Å². The van der Waals surface area contributed by atoms with Gasteiger partial charge < -0.3 is 18.9 Å². The first kappa shape index (κ1) is 24.9. The molecule has 0 fully saturated rings. The van der Waals surface area contributed by atoms with Gasteiger partial charge in [-0.25, -0.2) is 4.79 Å². The molecule has 0 N–H and O–H groups in total. The maximum absolute atomic E-state index is 12.9. The molecule has 0 aliphatic rings. The highest BCUT2D eigenvalue weighted by Gasteiger charge is 2.77. The molecule has 0 aliphatic carbocycles. The molecule has 0 unspecified atom stereocenters. The van der Waals surface area contributed by atoms with Gasteiger partial charge in [0, 0.05) is 6.61 Å². The monoisotopic (exact) mass is 402 g/mol. The molecule has 0 saturated carbocycles. The Balaban J connectivity index is 3.83. The summed E-state index contributed by atoms with van der Waals surface area (Å²) in [5.74, 6) is -15.6. The lowest BCUT2D eigenvalue weighted by atomic mass is 10.1. The number of halogens is 7. The lowest BCUT2D eigenvalue weighted by Gasteiger charge is -2.26. The summed E-state index contributed by atoms with van der Waals surface area (Å²) in [4.78, 5) is 10.8. The van der Waals surface area contributed by atoms with Gasteiger partial charge in [-0.3, -0.25) is 0 Å². The van der Waals surface area contributed by atoms with Crippen molar-refractivity contribution in [3.05, 3.63) is 0 Å². The van der Waals surface area contributed by atoms with E-state index in [1.807, 2.05) is 6.92 Å². The Kier molecular flexibility index (Phi) is 11.0. The lowest BCUT2D eigenvalue weighted by Crippen LogP contribution is -2.56. The third kappa shape index (κ3) is 8.04. The normalized spacial score (nSPS) is 13.1. The number of esters is 1. The first-order chi connectivity index (χ1) is 12.0. The van der Waals surface area contributed by atoms with Crippen LogP contribution < -0.4 is 0 Å². The molecule has 0 aliphatic heterocycles. The smallest absolute Gasteiger partial charge is 0.459 e. The minimum atomic E-state index is -6.59. The van der Waals surface area contributed by atoms with Crippen LogP contribution in [0.1, 0.15) is 19.8 Å². The first-order valence-corrected chi connectivity index (χ1v) is 7.71. The van der Waals surface area contributed by atoms with E-state index in [2.05, 4.69) is 4.74 Å². The molecule has 0 aromatic carbocycles. The van der Waals surface area contributed by atoms with Crippen molar-refractivity contribution in [1.82, 2.24) is 0 Å². The molecule has 0 bridgehead atoms. The molecule has 0 heterocycles. The maximum atomic E-state index is 12.9. The predicted molar refractivity (Wildman–Crippen MR) is 74.3 cm³/mol. The first-order valence-electron chi connectivity index (χ1n) is 7.71. The standard InChI is InChI=1S/C14H21F7O5/c1-2-3-4-23-5-6-24-7-8-25-9-10-26-11(22)12(15,16)13(17,18)14(19,20)21/h2-10H2,1H3. The Bertz CT molecular complexity index is 402. The summed E-state index contributed by atoms with van der Waals surface area (Å²) in [6.45, 7) is 1.98. The number of ether oxygens (including phenoxy) is 4. The number of hydrogen-bond acceptors (Lipinski definition) is 5. The Labute approximate surface area is 145 Å². The van der Waals surface area contributed by atoms with Crippen LogP contribution in [0.3, 0.4) is 0 Å². The Morgan fingerprint density at radius 3 is 1.58 bits per heavy atom. The van der Waals surface area contributed by atoms with Crippen LogP contribution in [0.25, 0.3) is 0 Å². The summed E-state index contributed by atoms with van der Waals surface area (Å²) in [6.07, 6.45) is -4.67. The van der Waals surface area contributed by atoms with Crippen LogP contribution >= 0.6 is 0 Å². The maximum Gasteiger partial charge on any atom is 0.460 e. The van der Waals surface area contributed by atoms with E-state index >= 15 is 0 Å². The predicted octanol–water partition coefficient (Wildman–Crippen LogP) is 3.21. The molecule has 0 aromatic rings. The third-order valence-corrected chi connectivity index (χ3v) is 2.85. The Hall–Kier alpha value is -1.14. The van der Waals surface area contributed by atoms with Gasteiger partial charge in [0.15, 0.2) is 0 Å². The molecular weight excluding hydrogens is 381 g/mol. The van der Waals surface area contributed by atoms with Gasteiger partial charge in [-0.1, -0.05) is 13.3 Å². The second kappa shape index (κ2) is 11.5. The van der Waals surface area contributed by atoms with Crippen LogP contribution in [0.5, 0.6) is 0 Å². The Morgan fingerprint density at radius 2 is 1.15 bits per heavy atom. The van der Waals surface area contributed by atoms with Crippen LogP contribution in [-0.2, 0) is 23.7 Å². The second-order valence-electron chi connectivity index (χ2n) is 4.97. The van der Waals surface area contributed by atoms with Crippen molar-refractivity contribution in [3.8, 4) is 0 Å². The van der Waals surface area contributed by atoms with Crippen molar-refractivity contribution in [2.75, 3.05) is 46.2 Å². The summed E-state index contributed by atoms with van der Waals surface area (Å²) in [7, 11) is 0. The van der Waals surface area contributed by atoms with E-state index in [-0.39, 0.29) is 13.2 Å². The highest BCUT2D eigenvalue weighted by molar-refractivity contribution is 5.79. The molecule has 0 atom stereocenters. The van der Waals surface area contributed by atoms with Gasteiger partial charge in [-0.05, 0) is 6.42 Å². The third-order valence-electron chi connectivity index (χ3n) is 2.85. The summed E-state index contributed by atoms with van der Waals surface area (Å²) >= 11 is 0. The van der Waals surface area contributed by atoms with Gasteiger partial charge in [-0.15, -0.1) is 0 Å². The molecule has 0 amide bonds. The van der Waals surface area contributed by atoms with Crippen molar-refractivity contribution in [2.45, 2.75) is 37.8 Å². The highest BCUT2D eigenvalue weighted by atomic mass is 19.4. The van der Waals surface area contributed by atoms with Gasteiger partial charge in [0.1, 0.15) is 6.61 Å². The van der Waals surface area contributed by atoms with Gasteiger partial charge >= 0.3 is 24.0 Å². The van der Waals surface area contributed by atoms with Crippen molar-refractivity contribution >= 4 is 5.97 Å². The number of hydrogen-bond donors (Lipinski definition) is 0. The van der Waals surface area contributed by atoms with Crippen LogP contribution in [0.4, 0.5) is 30.7 Å². The number of carbonyl (C=O) groups is 1. The van der Waals surface area contributed by atoms with Crippen molar-refractivity contribution in [2.24, 2.45) is 0 Å². The zero-order chi connectivity index (χ0) is 20.3. The highest BCUT2D eigenvalue weighted by Crippen LogP contribution is 2.46. The average Bonchev–Trinajstić information content (AvgIpc) is 2.54. The van der Waals surface area contributed by atoms with E-state index in [9.17, 15) is 35.5 Å². The average molecular weight is 402 g/mol. The van der Waals surface area contributed by atoms with Crippen molar-refractivity contribution < 1.29 is 54.5 Å². The molecule has 12 heteroatoms. The van der Waals surface area contributed by atoms with Gasteiger partial charge in [-0.2, -0.15) is 30.7 Å². The van der Waals surface area contributed by atoms with E-state index in [0.29, 0.717) is 19.8 Å². The molecule has 5 nitrogen and oxygen atoms in total. The van der Waals surface area contributed by atoms with Gasteiger partial charge in [0.25, 0.3) is 0 Å².